The molecular weight excluding hydrogens is 600 g/mol. The quantitative estimate of drug-likeness (QED) is 0.241. The Morgan fingerprint density at radius 2 is 1.75 bits per heavy atom. The topological polar surface area (TPSA) is 71.5 Å². The molecule has 0 spiro atoms. The van der Waals surface area contributed by atoms with Crippen molar-refractivity contribution in [3.63, 3.8) is 0 Å². The van der Waals surface area contributed by atoms with Crippen molar-refractivity contribution in [1.29, 1.82) is 0 Å². The van der Waals surface area contributed by atoms with Crippen LogP contribution in [-0.4, -0.2) is 98.3 Å². The van der Waals surface area contributed by atoms with Gasteiger partial charge in [0.1, 0.15) is 5.41 Å². The van der Waals surface area contributed by atoms with Crippen LogP contribution in [0.1, 0.15) is 104 Å². The summed E-state index contributed by atoms with van der Waals surface area (Å²) in [5.74, 6) is 3.41. The monoisotopic (exact) mass is 666 g/mol. The van der Waals surface area contributed by atoms with Gasteiger partial charge in [-0.25, -0.2) is 0 Å². The summed E-state index contributed by atoms with van der Waals surface area (Å²) in [6.07, 6.45) is 18.5. The van der Waals surface area contributed by atoms with E-state index in [-0.39, 0.29) is 24.0 Å². The van der Waals surface area contributed by atoms with Gasteiger partial charge in [-0.3, -0.25) is 9.69 Å². The first-order chi connectivity index (χ1) is 23.2. The SMILES string of the molecule is COC12CC3C=C(C(C)C)[C@@]1(C(=O)O)C3([C@H]1C[C@H](CC3CCCC3)[C@H](CN3CCC(CCN4CCOCC4)CC3)O1)C[C@@H]1[C@H](C)CC[C@H]12. The zero-order chi connectivity index (χ0) is 33.3. The molecule has 0 radical (unpaired) electrons. The van der Waals surface area contributed by atoms with Crippen LogP contribution in [0.15, 0.2) is 11.6 Å². The van der Waals surface area contributed by atoms with Gasteiger partial charge in [0.25, 0.3) is 0 Å². The van der Waals surface area contributed by atoms with Gasteiger partial charge in [0, 0.05) is 32.2 Å². The van der Waals surface area contributed by atoms with Gasteiger partial charge in [0.15, 0.2) is 0 Å². The summed E-state index contributed by atoms with van der Waals surface area (Å²) < 4.78 is 19.9. The number of carboxylic acids is 1. The number of allylic oxidation sites excluding steroid dienone is 1. The van der Waals surface area contributed by atoms with Crippen LogP contribution in [0.3, 0.4) is 0 Å². The van der Waals surface area contributed by atoms with Crippen LogP contribution in [0.5, 0.6) is 0 Å². The number of carboxylic acid groups (broad SMARTS) is 1. The Kier molecular flexibility index (Phi) is 9.39. The smallest absolute Gasteiger partial charge is 0.317 e. The first-order valence-electron chi connectivity index (χ1n) is 20.4. The van der Waals surface area contributed by atoms with E-state index in [0.29, 0.717) is 23.7 Å². The van der Waals surface area contributed by atoms with Crippen LogP contribution in [0.2, 0.25) is 0 Å². The number of morpholine rings is 1. The Morgan fingerprint density at radius 1 is 1.00 bits per heavy atom. The third-order valence-electron chi connectivity index (χ3n) is 16.2. The molecule has 0 aromatic carbocycles. The van der Waals surface area contributed by atoms with Gasteiger partial charge < -0.3 is 24.2 Å². The molecule has 0 aromatic rings. The van der Waals surface area contributed by atoms with Crippen LogP contribution >= 0.6 is 0 Å². The molecule has 3 saturated heterocycles. The summed E-state index contributed by atoms with van der Waals surface area (Å²) in [6.45, 7) is 15.4. The average Bonchev–Trinajstić information content (AvgIpc) is 3.91. The number of fused-ring (bicyclic) bond motifs is 2. The molecule has 7 nitrogen and oxygen atoms in total. The van der Waals surface area contributed by atoms with Crippen LogP contribution in [0.25, 0.3) is 0 Å². The van der Waals surface area contributed by atoms with Crippen LogP contribution in [0.4, 0.5) is 0 Å². The summed E-state index contributed by atoms with van der Waals surface area (Å²) in [7, 11) is 1.85. The lowest BCUT2D eigenvalue weighted by atomic mass is 9.45. The second-order valence-corrected chi connectivity index (χ2v) is 18.3. The van der Waals surface area contributed by atoms with Crippen molar-refractivity contribution in [2.24, 2.45) is 58.2 Å². The Morgan fingerprint density at radius 3 is 2.44 bits per heavy atom. The Bertz CT molecular complexity index is 1200. The van der Waals surface area contributed by atoms with Crippen molar-refractivity contribution in [3.8, 4) is 0 Å². The number of hydrogen-bond donors (Lipinski definition) is 1. The molecule has 8 rings (SSSR count). The number of nitrogens with zero attached hydrogens (tertiary/aromatic N) is 2. The molecule has 4 saturated carbocycles. The molecule has 8 aliphatic rings. The highest BCUT2D eigenvalue weighted by molar-refractivity contribution is 5.85. The summed E-state index contributed by atoms with van der Waals surface area (Å²) in [5, 5.41) is 11.7. The van der Waals surface area contributed by atoms with E-state index in [2.05, 4.69) is 36.6 Å². The van der Waals surface area contributed by atoms with E-state index in [0.717, 1.165) is 75.9 Å². The fraction of sp³-hybridized carbons (Fsp3) is 0.927. The van der Waals surface area contributed by atoms with E-state index < -0.39 is 22.4 Å². The minimum Gasteiger partial charge on any atom is -0.480 e. The number of rotatable bonds is 11. The van der Waals surface area contributed by atoms with Crippen molar-refractivity contribution in [2.45, 2.75) is 122 Å². The lowest BCUT2D eigenvalue weighted by Gasteiger charge is -2.60. The molecule has 3 aliphatic heterocycles. The van der Waals surface area contributed by atoms with E-state index in [1.807, 2.05) is 7.11 Å². The Labute approximate surface area is 290 Å². The zero-order valence-corrected chi connectivity index (χ0v) is 30.7. The van der Waals surface area contributed by atoms with Crippen molar-refractivity contribution in [3.05, 3.63) is 11.6 Å². The summed E-state index contributed by atoms with van der Waals surface area (Å²) >= 11 is 0. The van der Waals surface area contributed by atoms with E-state index in [1.54, 1.807) is 0 Å². The van der Waals surface area contributed by atoms with Crippen LogP contribution in [-0.2, 0) is 19.0 Å². The number of piperidine rings is 1. The molecule has 0 amide bonds. The molecule has 4 bridgehead atoms. The number of hydrogen-bond acceptors (Lipinski definition) is 6. The van der Waals surface area contributed by atoms with Crippen LogP contribution in [0, 0.1) is 58.2 Å². The largest absolute Gasteiger partial charge is 0.480 e. The summed E-state index contributed by atoms with van der Waals surface area (Å²) in [6, 6.07) is 0. The van der Waals surface area contributed by atoms with Gasteiger partial charge in [-0.05, 0) is 118 Å². The molecule has 3 unspecified atom stereocenters. The van der Waals surface area contributed by atoms with Gasteiger partial charge in [-0.15, -0.1) is 0 Å². The van der Waals surface area contributed by atoms with E-state index in [1.165, 1.54) is 77.4 Å². The van der Waals surface area contributed by atoms with E-state index in [4.69, 9.17) is 14.2 Å². The average molecular weight is 667 g/mol. The molecule has 0 aromatic heterocycles. The van der Waals surface area contributed by atoms with E-state index >= 15 is 0 Å². The van der Waals surface area contributed by atoms with Crippen molar-refractivity contribution >= 4 is 5.97 Å². The van der Waals surface area contributed by atoms with Gasteiger partial charge in [0.2, 0.25) is 0 Å². The van der Waals surface area contributed by atoms with Crippen LogP contribution < -0.4 is 0 Å². The number of aliphatic carboxylic acids is 1. The van der Waals surface area contributed by atoms with Crippen molar-refractivity contribution in [1.82, 2.24) is 9.80 Å². The maximum Gasteiger partial charge on any atom is 0.317 e. The fourth-order valence-electron chi connectivity index (χ4n) is 14.0. The normalized spacial score (nSPS) is 45.4. The number of likely N-dealkylation sites (tertiary alicyclic amines) is 1. The number of methoxy groups -OCH3 is 1. The van der Waals surface area contributed by atoms with Gasteiger partial charge >= 0.3 is 5.97 Å². The first kappa shape index (κ1) is 34.1. The maximum absolute atomic E-state index is 14.3. The predicted molar refractivity (Wildman–Crippen MR) is 188 cm³/mol. The van der Waals surface area contributed by atoms with Gasteiger partial charge in [-0.1, -0.05) is 64.5 Å². The maximum atomic E-state index is 14.3. The molecule has 48 heavy (non-hydrogen) atoms. The molecule has 5 aliphatic carbocycles. The number of ether oxygens (including phenoxy) is 3. The third kappa shape index (κ3) is 5.08. The highest BCUT2D eigenvalue weighted by Gasteiger charge is 2.86. The minimum absolute atomic E-state index is 0.0145. The van der Waals surface area contributed by atoms with Crippen molar-refractivity contribution in [2.75, 3.05) is 59.6 Å². The standard InChI is InChI=1S/C41H66N2O5/c1-27(2)35-23-32-24-40(46-4)34-10-9-28(3)33(34)25-39(32,41(35,40)38(44)45)37-22-31(21-30-7-5-6-8-30)36(48-37)26-43-15-12-29(13-16-43)11-14-42-17-19-47-20-18-42/h23,27-34,36-37H,5-22,24-26H2,1-4H3,(H,44,45)/t28-,31+,32?,33-,34-,36+,37-,39?,40?,41-/m1/s1. The first-order valence-corrected chi connectivity index (χ1v) is 20.4. The highest BCUT2D eigenvalue weighted by Crippen LogP contribution is 2.82. The van der Waals surface area contributed by atoms with Gasteiger partial charge in [0.05, 0.1) is 31.0 Å². The molecule has 10 atom stereocenters. The second kappa shape index (κ2) is 13.2. The Hall–Kier alpha value is -0.990. The summed E-state index contributed by atoms with van der Waals surface area (Å²) in [4.78, 5) is 19.6. The fourth-order valence-corrected chi connectivity index (χ4v) is 14.0. The molecule has 7 heteroatoms. The predicted octanol–water partition coefficient (Wildman–Crippen LogP) is 6.90. The highest BCUT2D eigenvalue weighted by atomic mass is 16.5. The van der Waals surface area contributed by atoms with Gasteiger partial charge in [-0.2, -0.15) is 0 Å². The third-order valence-corrected chi connectivity index (χ3v) is 16.2. The minimum atomic E-state index is -0.991. The molecule has 1 N–H and O–H groups in total. The molecule has 270 valence electrons. The lowest BCUT2D eigenvalue weighted by Crippen LogP contribution is -2.68. The summed E-state index contributed by atoms with van der Waals surface area (Å²) in [5.41, 5.74) is -0.875. The number of carbonyl (C=O) groups is 1. The Balaban J connectivity index is 1.05. The van der Waals surface area contributed by atoms with E-state index in [9.17, 15) is 9.90 Å². The molecule has 3 heterocycles. The molecule has 7 fully saturated rings. The van der Waals surface area contributed by atoms with Crippen molar-refractivity contribution < 1.29 is 24.1 Å². The second-order valence-electron chi connectivity index (χ2n) is 18.3. The molecular formula is C41H66N2O5. The lowest BCUT2D eigenvalue weighted by molar-refractivity contribution is -0.228. The zero-order valence-electron chi connectivity index (χ0n) is 30.7.